The number of aromatic nitrogens is 2. The Morgan fingerprint density at radius 3 is 2.56 bits per heavy atom. The van der Waals surface area contributed by atoms with Gasteiger partial charge < -0.3 is 25.8 Å². The van der Waals surface area contributed by atoms with Gasteiger partial charge in [-0.05, 0) is 56.7 Å². The lowest BCUT2D eigenvalue weighted by atomic mass is 10.1. The summed E-state index contributed by atoms with van der Waals surface area (Å²) in [6.45, 7) is 5.78. The number of anilines is 3. The highest BCUT2D eigenvalue weighted by molar-refractivity contribution is 5.94. The van der Waals surface area contributed by atoms with Crippen LogP contribution in [-0.4, -0.2) is 28.5 Å². The van der Waals surface area contributed by atoms with E-state index in [-0.39, 0.29) is 23.6 Å². The average molecular weight is 490 g/mol. The van der Waals surface area contributed by atoms with Gasteiger partial charge in [-0.1, -0.05) is 12.1 Å². The van der Waals surface area contributed by atoms with Crippen LogP contribution in [0.3, 0.4) is 0 Å². The van der Waals surface area contributed by atoms with Crippen molar-refractivity contribution in [3.8, 4) is 17.2 Å². The van der Waals surface area contributed by atoms with Crippen molar-refractivity contribution >= 4 is 34.0 Å². The fourth-order valence-electron chi connectivity index (χ4n) is 3.67. The predicted molar refractivity (Wildman–Crippen MR) is 138 cm³/mol. The van der Waals surface area contributed by atoms with Crippen LogP contribution in [0.5, 0.6) is 17.2 Å². The lowest BCUT2D eigenvalue weighted by molar-refractivity contribution is -0.121. The van der Waals surface area contributed by atoms with Crippen molar-refractivity contribution in [2.24, 2.45) is 0 Å². The van der Waals surface area contributed by atoms with Gasteiger partial charge in [0.05, 0.1) is 30.4 Å². The summed E-state index contributed by atoms with van der Waals surface area (Å²) in [4.78, 5) is 20.7. The number of carbonyl (C=O) groups is 1. The second-order valence-corrected chi connectivity index (χ2v) is 9.32. The summed E-state index contributed by atoms with van der Waals surface area (Å²) in [5, 5.41) is 6.56. The molecule has 0 spiro atoms. The number of carbonyl (C=O) groups excluding carboxylic acids is 1. The average Bonchev–Trinajstić information content (AvgIpc) is 2.79. The van der Waals surface area contributed by atoms with E-state index >= 15 is 0 Å². The van der Waals surface area contributed by atoms with Crippen LogP contribution in [0.1, 0.15) is 26.3 Å². The second-order valence-electron chi connectivity index (χ2n) is 9.32. The number of amides is 1. The number of nitrogens with zero attached hydrogens (tertiary/aromatic N) is 2. The summed E-state index contributed by atoms with van der Waals surface area (Å²) < 4.78 is 26.0. The molecule has 9 heteroatoms. The van der Waals surface area contributed by atoms with Crippen LogP contribution < -0.4 is 25.8 Å². The predicted octanol–water partition coefficient (Wildman–Crippen LogP) is 5.35. The molecule has 1 aromatic heterocycles. The summed E-state index contributed by atoms with van der Waals surface area (Å²) in [6.07, 6.45) is 1.60. The number of nitrogens with two attached hydrogens (primary N) is 1. The zero-order valence-electron chi connectivity index (χ0n) is 20.6. The van der Waals surface area contributed by atoms with Gasteiger partial charge in [-0.2, -0.15) is 0 Å². The van der Waals surface area contributed by atoms with E-state index in [1.54, 1.807) is 42.5 Å². The van der Waals surface area contributed by atoms with Crippen molar-refractivity contribution in [2.75, 3.05) is 18.2 Å². The van der Waals surface area contributed by atoms with E-state index in [0.717, 1.165) is 5.56 Å². The van der Waals surface area contributed by atoms with Crippen LogP contribution in [0.2, 0.25) is 0 Å². The van der Waals surface area contributed by atoms with Crippen molar-refractivity contribution in [1.29, 1.82) is 0 Å². The first-order valence-corrected chi connectivity index (χ1v) is 11.3. The standard InChI is InChI=1S/C27H28FN5O3/c1-27(2,3)33-25(34)11-16-6-5-7-17(10-16)36-18-8-9-22(20(28)12-18)32-26-19-13-21(29)24(35-4)14-23(19)30-15-31-26/h5-10,12-15H,11,29H2,1-4H3,(H,33,34)(H,30,31,32). The third kappa shape index (κ3) is 5.99. The van der Waals surface area contributed by atoms with Crippen LogP contribution >= 0.6 is 0 Å². The molecule has 0 saturated heterocycles. The molecule has 4 N–H and O–H groups in total. The van der Waals surface area contributed by atoms with E-state index in [0.29, 0.717) is 39.7 Å². The second kappa shape index (κ2) is 10.1. The maximum absolute atomic E-state index is 15.0. The lowest BCUT2D eigenvalue weighted by Gasteiger charge is -2.20. The molecular weight excluding hydrogens is 461 g/mol. The number of ether oxygens (including phenoxy) is 2. The maximum Gasteiger partial charge on any atom is 0.224 e. The molecule has 0 unspecified atom stereocenters. The fraction of sp³-hybridized carbons (Fsp3) is 0.222. The Morgan fingerprint density at radius 2 is 1.83 bits per heavy atom. The fourth-order valence-corrected chi connectivity index (χ4v) is 3.67. The quantitative estimate of drug-likeness (QED) is 0.300. The number of halogens is 1. The summed E-state index contributed by atoms with van der Waals surface area (Å²) in [6, 6.07) is 15.0. The van der Waals surface area contributed by atoms with Crippen molar-refractivity contribution in [2.45, 2.75) is 32.7 Å². The molecule has 8 nitrogen and oxygen atoms in total. The van der Waals surface area contributed by atoms with Gasteiger partial charge in [0.15, 0.2) is 0 Å². The van der Waals surface area contributed by atoms with E-state index in [2.05, 4.69) is 20.6 Å². The van der Waals surface area contributed by atoms with Crippen LogP contribution in [0.25, 0.3) is 10.9 Å². The number of nitrogens with one attached hydrogen (secondary N) is 2. The van der Waals surface area contributed by atoms with Gasteiger partial charge in [0.25, 0.3) is 0 Å². The summed E-state index contributed by atoms with van der Waals surface area (Å²) in [7, 11) is 1.52. The van der Waals surface area contributed by atoms with Gasteiger partial charge >= 0.3 is 0 Å². The molecule has 4 rings (SSSR count). The number of hydrogen-bond donors (Lipinski definition) is 3. The number of rotatable bonds is 7. The van der Waals surface area contributed by atoms with Gasteiger partial charge in [-0.25, -0.2) is 14.4 Å². The molecule has 0 fully saturated rings. The number of methoxy groups -OCH3 is 1. The Kier molecular flexibility index (Phi) is 6.91. The third-order valence-corrected chi connectivity index (χ3v) is 5.19. The molecule has 0 radical (unpaired) electrons. The minimum Gasteiger partial charge on any atom is -0.495 e. The molecule has 0 saturated carbocycles. The van der Waals surface area contributed by atoms with Gasteiger partial charge in [0.2, 0.25) is 5.91 Å². The Balaban J connectivity index is 1.50. The zero-order valence-corrected chi connectivity index (χ0v) is 20.6. The lowest BCUT2D eigenvalue weighted by Crippen LogP contribution is -2.41. The van der Waals surface area contributed by atoms with Crippen molar-refractivity contribution in [3.63, 3.8) is 0 Å². The molecule has 0 aliphatic heterocycles. The van der Waals surface area contributed by atoms with Crippen LogP contribution in [0.15, 0.2) is 60.9 Å². The highest BCUT2D eigenvalue weighted by Gasteiger charge is 2.15. The Labute approximate surface area is 208 Å². The highest BCUT2D eigenvalue weighted by Crippen LogP contribution is 2.33. The summed E-state index contributed by atoms with van der Waals surface area (Å²) in [5.41, 5.74) is 7.75. The van der Waals surface area contributed by atoms with E-state index in [9.17, 15) is 9.18 Å². The molecule has 36 heavy (non-hydrogen) atoms. The minimum absolute atomic E-state index is 0.0847. The Hall–Kier alpha value is -4.40. The smallest absolute Gasteiger partial charge is 0.224 e. The van der Waals surface area contributed by atoms with Crippen LogP contribution in [-0.2, 0) is 11.2 Å². The minimum atomic E-state index is -0.526. The van der Waals surface area contributed by atoms with E-state index in [4.69, 9.17) is 15.2 Å². The number of fused-ring (bicyclic) bond motifs is 1. The first-order valence-electron chi connectivity index (χ1n) is 11.3. The topological polar surface area (TPSA) is 111 Å². The van der Waals surface area contributed by atoms with Crippen LogP contribution in [0.4, 0.5) is 21.6 Å². The van der Waals surface area contributed by atoms with Gasteiger partial charge in [0.1, 0.15) is 35.2 Å². The number of benzene rings is 3. The van der Waals surface area contributed by atoms with Crippen molar-refractivity contribution in [1.82, 2.24) is 15.3 Å². The summed E-state index contributed by atoms with van der Waals surface area (Å²) >= 11 is 0. The van der Waals surface area contributed by atoms with Gasteiger partial charge in [0, 0.05) is 23.1 Å². The summed E-state index contributed by atoms with van der Waals surface area (Å²) in [5.74, 6) is 1.11. The van der Waals surface area contributed by atoms with Crippen molar-refractivity contribution in [3.05, 3.63) is 72.3 Å². The van der Waals surface area contributed by atoms with E-state index < -0.39 is 5.82 Å². The largest absolute Gasteiger partial charge is 0.495 e. The third-order valence-electron chi connectivity index (χ3n) is 5.19. The van der Waals surface area contributed by atoms with E-state index in [1.165, 1.54) is 19.5 Å². The number of hydrogen-bond acceptors (Lipinski definition) is 7. The molecule has 0 aliphatic carbocycles. The maximum atomic E-state index is 15.0. The first kappa shape index (κ1) is 24.7. The zero-order chi connectivity index (χ0) is 25.9. The molecule has 1 amide bonds. The molecule has 1 heterocycles. The monoisotopic (exact) mass is 489 g/mol. The van der Waals surface area contributed by atoms with Crippen molar-refractivity contribution < 1.29 is 18.7 Å². The molecular formula is C27H28FN5O3. The molecule has 0 aliphatic rings. The first-order chi connectivity index (χ1) is 17.1. The Morgan fingerprint density at radius 1 is 1.06 bits per heavy atom. The highest BCUT2D eigenvalue weighted by atomic mass is 19.1. The molecule has 186 valence electrons. The Bertz CT molecular complexity index is 1420. The van der Waals surface area contributed by atoms with E-state index in [1.807, 2.05) is 26.8 Å². The SMILES string of the molecule is COc1cc2ncnc(Nc3ccc(Oc4cccc(CC(=O)NC(C)(C)C)c4)cc3F)c2cc1N. The normalized spacial score (nSPS) is 11.2. The number of nitrogen functional groups attached to an aromatic ring is 1. The molecule has 3 aromatic carbocycles. The molecule has 4 aromatic rings. The van der Waals surface area contributed by atoms with Gasteiger partial charge in [-0.15, -0.1) is 0 Å². The van der Waals surface area contributed by atoms with Gasteiger partial charge in [-0.3, -0.25) is 4.79 Å². The molecule has 0 atom stereocenters. The van der Waals surface area contributed by atoms with Crippen LogP contribution in [0, 0.1) is 5.82 Å². The molecule has 0 bridgehead atoms.